The molecule has 1 aromatic heterocycles. The molecule has 0 fully saturated rings. The van der Waals surface area contributed by atoms with Crippen LogP contribution in [0, 0.1) is 5.41 Å². The average molecular weight is 271 g/mol. The van der Waals surface area contributed by atoms with Crippen LogP contribution < -0.4 is 5.32 Å². The minimum Gasteiger partial charge on any atom is -0.315 e. The molecule has 0 unspecified atom stereocenters. The molecule has 1 heterocycles. The maximum absolute atomic E-state index is 4.07. The van der Waals surface area contributed by atoms with Crippen molar-refractivity contribution in [2.24, 2.45) is 5.41 Å². The molecule has 0 saturated heterocycles. The number of tetrazole rings is 1. The Bertz CT molecular complexity index is 331. The van der Waals surface area contributed by atoms with Crippen LogP contribution in [0.3, 0.4) is 0 Å². The van der Waals surface area contributed by atoms with E-state index in [-0.39, 0.29) is 0 Å². The molecule has 5 nitrogen and oxygen atoms in total. The molecule has 0 aliphatic rings. The zero-order valence-corrected chi connectivity index (χ0v) is 12.8. The second-order valence-electron chi connectivity index (χ2n) is 5.55. The highest BCUT2D eigenvalue weighted by Crippen LogP contribution is 2.23. The predicted octanol–water partition coefficient (Wildman–Crippen LogP) is 2.20. The average Bonchev–Trinajstić information content (AvgIpc) is 2.71. The maximum Gasteiger partial charge on any atom is 0.209 e. The molecule has 0 aromatic carbocycles. The lowest BCUT2D eigenvalue weighted by molar-refractivity contribution is 0.374. The number of likely N-dealkylation sites (N-methyl/N-ethyl adjacent to an activating group) is 1. The molecule has 0 amide bonds. The van der Waals surface area contributed by atoms with Crippen LogP contribution in [0.1, 0.15) is 40.5 Å². The molecule has 1 N–H and O–H groups in total. The molecule has 0 atom stereocenters. The number of rotatable bonds is 8. The molecule has 6 heteroatoms. The monoisotopic (exact) mass is 271 g/mol. The van der Waals surface area contributed by atoms with Crippen molar-refractivity contribution in [3.8, 4) is 0 Å². The van der Waals surface area contributed by atoms with Crippen LogP contribution in [-0.4, -0.2) is 39.0 Å². The first-order valence-corrected chi connectivity index (χ1v) is 7.61. The lowest BCUT2D eigenvalue weighted by Crippen LogP contribution is -2.20. The van der Waals surface area contributed by atoms with Gasteiger partial charge in [0.1, 0.15) is 0 Å². The lowest BCUT2D eigenvalue weighted by Gasteiger charge is -2.17. The molecule has 0 bridgehead atoms. The van der Waals surface area contributed by atoms with Crippen molar-refractivity contribution in [2.45, 2.75) is 52.2 Å². The van der Waals surface area contributed by atoms with Crippen molar-refractivity contribution in [2.75, 3.05) is 18.8 Å². The summed E-state index contributed by atoms with van der Waals surface area (Å²) in [6.45, 7) is 11.7. The quantitative estimate of drug-likeness (QED) is 0.580. The summed E-state index contributed by atoms with van der Waals surface area (Å²) in [5.74, 6) is 1.08. The third-order valence-corrected chi connectivity index (χ3v) is 3.60. The van der Waals surface area contributed by atoms with E-state index in [1.165, 1.54) is 12.8 Å². The Morgan fingerprint density at radius 2 is 2.11 bits per heavy atom. The normalized spacial score (nSPS) is 12.0. The summed E-state index contributed by atoms with van der Waals surface area (Å²) in [5, 5.41) is 16.0. The van der Waals surface area contributed by atoms with Crippen molar-refractivity contribution < 1.29 is 0 Å². The molecule has 18 heavy (non-hydrogen) atoms. The van der Waals surface area contributed by atoms with Crippen molar-refractivity contribution in [3.05, 3.63) is 0 Å². The van der Waals surface area contributed by atoms with Gasteiger partial charge in [0.15, 0.2) is 0 Å². The van der Waals surface area contributed by atoms with Gasteiger partial charge in [-0.2, -0.15) is 0 Å². The van der Waals surface area contributed by atoms with Gasteiger partial charge >= 0.3 is 0 Å². The van der Waals surface area contributed by atoms with E-state index in [9.17, 15) is 0 Å². The Kier molecular flexibility index (Phi) is 6.63. The molecule has 0 aliphatic heterocycles. The Balaban J connectivity index is 2.27. The van der Waals surface area contributed by atoms with Crippen molar-refractivity contribution in [1.29, 1.82) is 0 Å². The van der Waals surface area contributed by atoms with Gasteiger partial charge in [0.05, 0.1) is 6.54 Å². The summed E-state index contributed by atoms with van der Waals surface area (Å²) in [6, 6.07) is 0. The summed E-state index contributed by atoms with van der Waals surface area (Å²) in [4.78, 5) is 0. The van der Waals surface area contributed by atoms with Gasteiger partial charge in [-0.25, -0.2) is 4.68 Å². The summed E-state index contributed by atoms with van der Waals surface area (Å²) in [6.07, 6.45) is 2.44. The van der Waals surface area contributed by atoms with E-state index in [1.54, 1.807) is 11.8 Å². The van der Waals surface area contributed by atoms with E-state index in [0.717, 1.165) is 30.5 Å². The standard InChI is InChI=1S/C12H25N5S/c1-5-13-8-9-17-11(14-15-16-17)18-10-6-7-12(2,3)4/h13H,5-10H2,1-4H3. The molecule has 0 aliphatic carbocycles. The first-order valence-electron chi connectivity index (χ1n) is 6.62. The highest BCUT2D eigenvalue weighted by Gasteiger charge is 2.11. The van der Waals surface area contributed by atoms with E-state index in [1.807, 2.05) is 4.68 Å². The molecular weight excluding hydrogens is 246 g/mol. The van der Waals surface area contributed by atoms with E-state index < -0.39 is 0 Å². The molecule has 1 aromatic rings. The Morgan fingerprint density at radius 1 is 1.33 bits per heavy atom. The smallest absolute Gasteiger partial charge is 0.209 e. The summed E-state index contributed by atoms with van der Waals surface area (Å²) in [7, 11) is 0. The van der Waals surface area contributed by atoms with E-state index in [0.29, 0.717) is 5.41 Å². The van der Waals surface area contributed by atoms with Crippen molar-refractivity contribution in [1.82, 2.24) is 25.5 Å². The Hall–Kier alpha value is -0.620. The van der Waals surface area contributed by atoms with Crippen LogP contribution in [-0.2, 0) is 6.54 Å². The Morgan fingerprint density at radius 3 is 2.78 bits per heavy atom. The van der Waals surface area contributed by atoms with Crippen LogP contribution in [0.4, 0.5) is 0 Å². The predicted molar refractivity (Wildman–Crippen MR) is 75.8 cm³/mol. The first kappa shape index (κ1) is 15.4. The Labute approximate surface area is 114 Å². The van der Waals surface area contributed by atoms with Crippen molar-refractivity contribution >= 4 is 11.8 Å². The highest BCUT2D eigenvalue weighted by atomic mass is 32.2. The second-order valence-corrected chi connectivity index (χ2v) is 6.61. The SMILES string of the molecule is CCNCCn1nnnc1SCCCC(C)(C)C. The maximum atomic E-state index is 4.07. The molecule has 0 radical (unpaired) electrons. The molecule has 0 saturated carbocycles. The van der Waals surface area contributed by atoms with E-state index in [2.05, 4.69) is 48.5 Å². The number of nitrogens with one attached hydrogen (secondary N) is 1. The molecule has 1 rings (SSSR count). The van der Waals surface area contributed by atoms with E-state index in [4.69, 9.17) is 0 Å². The number of hydrogen-bond acceptors (Lipinski definition) is 5. The van der Waals surface area contributed by atoms with Gasteiger partial charge in [-0.3, -0.25) is 0 Å². The summed E-state index contributed by atoms with van der Waals surface area (Å²) >= 11 is 1.75. The topological polar surface area (TPSA) is 55.6 Å². The third kappa shape index (κ3) is 6.35. The van der Waals surface area contributed by atoms with Gasteiger partial charge in [-0.1, -0.05) is 39.5 Å². The van der Waals surface area contributed by atoms with Gasteiger partial charge in [0.25, 0.3) is 0 Å². The van der Waals surface area contributed by atoms with Crippen LogP contribution in [0.25, 0.3) is 0 Å². The molecule has 0 spiro atoms. The van der Waals surface area contributed by atoms with Crippen molar-refractivity contribution in [3.63, 3.8) is 0 Å². The second kappa shape index (κ2) is 7.74. The van der Waals surface area contributed by atoms with Gasteiger partial charge in [-0.15, -0.1) is 5.10 Å². The van der Waals surface area contributed by atoms with Gasteiger partial charge in [0.2, 0.25) is 5.16 Å². The lowest BCUT2D eigenvalue weighted by atomic mass is 9.91. The van der Waals surface area contributed by atoms with Crippen LogP contribution in [0.5, 0.6) is 0 Å². The van der Waals surface area contributed by atoms with Crippen LogP contribution in [0.2, 0.25) is 0 Å². The van der Waals surface area contributed by atoms with Gasteiger partial charge < -0.3 is 5.32 Å². The summed E-state index contributed by atoms with van der Waals surface area (Å²) in [5.41, 5.74) is 0.414. The number of hydrogen-bond donors (Lipinski definition) is 1. The first-order chi connectivity index (χ1) is 8.53. The molecule has 104 valence electrons. The van der Waals surface area contributed by atoms with E-state index >= 15 is 0 Å². The largest absolute Gasteiger partial charge is 0.315 e. The minimum absolute atomic E-state index is 0.414. The highest BCUT2D eigenvalue weighted by molar-refractivity contribution is 7.99. The van der Waals surface area contributed by atoms with Gasteiger partial charge in [-0.05, 0) is 35.2 Å². The zero-order chi connectivity index (χ0) is 13.4. The number of aromatic nitrogens is 4. The fraction of sp³-hybridized carbons (Fsp3) is 0.917. The zero-order valence-electron chi connectivity index (χ0n) is 11.9. The minimum atomic E-state index is 0.414. The van der Waals surface area contributed by atoms with Gasteiger partial charge in [0, 0.05) is 12.3 Å². The molecular formula is C12H25N5S. The van der Waals surface area contributed by atoms with Crippen LogP contribution >= 0.6 is 11.8 Å². The number of thioether (sulfide) groups is 1. The fourth-order valence-corrected chi connectivity index (χ4v) is 2.41. The fourth-order valence-electron chi connectivity index (χ4n) is 1.57. The number of nitrogens with zero attached hydrogens (tertiary/aromatic N) is 4. The van der Waals surface area contributed by atoms with Crippen LogP contribution in [0.15, 0.2) is 5.16 Å². The third-order valence-electron chi connectivity index (χ3n) is 2.55. The summed E-state index contributed by atoms with van der Waals surface area (Å²) < 4.78 is 1.88.